The van der Waals surface area contributed by atoms with Crippen molar-refractivity contribution in [3.8, 4) is 0 Å². The molecule has 27 heavy (non-hydrogen) atoms. The molecule has 0 radical (unpaired) electrons. The van der Waals surface area contributed by atoms with Gasteiger partial charge in [-0.1, -0.05) is 30.3 Å². The Labute approximate surface area is 161 Å². The molecular weight excluding hydrogens is 366 g/mol. The summed E-state index contributed by atoms with van der Waals surface area (Å²) < 4.78 is 32.5. The summed E-state index contributed by atoms with van der Waals surface area (Å²) >= 11 is 0. The van der Waals surface area contributed by atoms with Crippen LogP contribution >= 0.6 is 0 Å². The Hall–Kier alpha value is -1.48. The number of benzene rings is 1. The largest absolute Gasteiger partial charge is 0.364 e. The lowest BCUT2D eigenvalue weighted by Gasteiger charge is -2.36. The molecule has 0 saturated carbocycles. The summed E-state index contributed by atoms with van der Waals surface area (Å²) in [6, 6.07) is 9.21. The molecular formula is C19H30N3O4S+. The van der Waals surface area contributed by atoms with Gasteiger partial charge >= 0.3 is 0 Å². The number of ether oxygens (including phenoxy) is 1. The molecule has 2 aliphatic rings. The van der Waals surface area contributed by atoms with E-state index in [9.17, 15) is 13.2 Å². The average Bonchev–Trinajstić information content (AvgIpc) is 2.61. The van der Waals surface area contributed by atoms with Crippen molar-refractivity contribution >= 4 is 15.9 Å². The molecule has 1 amide bonds. The third kappa shape index (κ3) is 5.51. The van der Waals surface area contributed by atoms with Gasteiger partial charge in [0.05, 0.1) is 5.75 Å². The Morgan fingerprint density at radius 3 is 2.26 bits per heavy atom. The lowest BCUT2D eigenvalue weighted by atomic mass is 10.2. The van der Waals surface area contributed by atoms with Gasteiger partial charge in [0, 0.05) is 26.2 Å². The van der Waals surface area contributed by atoms with Crippen LogP contribution in [-0.4, -0.2) is 81.6 Å². The van der Waals surface area contributed by atoms with Gasteiger partial charge in [-0.15, -0.1) is 0 Å². The number of amides is 1. The predicted molar refractivity (Wildman–Crippen MR) is 103 cm³/mol. The minimum absolute atomic E-state index is 0.00941. The van der Waals surface area contributed by atoms with Crippen molar-refractivity contribution in [1.82, 2.24) is 9.21 Å². The molecule has 8 heteroatoms. The molecule has 0 bridgehead atoms. The molecule has 0 spiro atoms. The van der Waals surface area contributed by atoms with Gasteiger partial charge in [0.2, 0.25) is 10.0 Å². The van der Waals surface area contributed by atoms with Gasteiger partial charge in [-0.3, -0.25) is 4.79 Å². The summed E-state index contributed by atoms with van der Waals surface area (Å²) in [6.07, 6.45) is 0.327. The van der Waals surface area contributed by atoms with Crippen LogP contribution in [0.2, 0.25) is 0 Å². The summed E-state index contributed by atoms with van der Waals surface area (Å²) in [5, 5.41) is 0. The molecule has 2 saturated heterocycles. The molecule has 2 atom stereocenters. The maximum absolute atomic E-state index is 12.6. The zero-order chi connectivity index (χ0) is 19.4. The highest BCUT2D eigenvalue weighted by molar-refractivity contribution is 7.88. The van der Waals surface area contributed by atoms with E-state index in [1.54, 1.807) is 4.90 Å². The smallest absolute Gasteiger partial charge is 0.277 e. The van der Waals surface area contributed by atoms with E-state index in [1.807, 2.05) is 44.2 Å². The van der Waals surface area contributed by atoms with Crippen LogP contribution in [0.4, 0.5) is 0 Å². The van der Waals surface area contributed by atoms with E-state index in [4.69, 9.17) is 4.74 Å². The van der Waals surface area contributed by atoms with E-state index in [2.05, 4.69) is 0 Å². The third-order valence-corrected chi connectivity index (χ3v) is 7.04. The minimum atomic E-state index is -3.35. The monoisotopic (exact) mass is 396 g/mol. The number of quaternary nitrogens is 1. The number of carbonyl (C=O) groups excluding carboxylic acids is 1. The normalized spacial score (nSPS) is 27.5. The van der Waals surface area contributed by atoms with E-state index in [-0.39, 0.29) is 23.9 Å². The van der Waals surface area contributed by atoms with Gasteiger partial charge in [-0.25, -0.2) is 8.42 Å². The van der Waals surface area contributed by atoms with Gasteiger partial charge in [0.1, 0.15) is 25.3 Å². The first-order valence-corrected chi connectivity index (χ1v) is 11.2. The van der Waals surface area contributed by atoms with Crippen LogP contribution < -0.4 is 4.90 Å². The summed E-state index contributed by atoms with van der Waals surface area (Å²) in [7, 11) is -3.35. The third-order valence-electron chi connectivity index (χ3n) is 5.19. The van der Waals surface area contributed by atoms with Gasteiger partial charge < -0.3 is 14.5 Å². The predicted octanol–water partition coefficient (Wildman–Crippen LogP) is -0.647. The highest BCUT2D eigenvalue weighted by Crippen LogP contribution is 2.13. The van der Waals surface area contributed by atoms with E-state index < -0.39 is 10.0 Å². The van der Waals surface area contributed by atoms with E-state index in [1.165, 1.54) is 9.21 Å². The van der Waals surface area contributed by atoms with Gasteiger partial charge in [-0.05, 0) is 19.4 Å². The zero-order valence-corrected chi connectivity index (χ0v) is 17.0. The fourth-order valence-corrected chi connectivity index (χ4v) is 5.47. The molecule has 150 valence electrons. The van der Waals surface area contributed by atoms with Crippen molar-refractivity contribution in [2.75, 3.05) is 45.8 Å². The standard InChI is InChI=1S/C19H29N3O4S/c1-16-12-20(13-17(2)26-16)14-19(23)21-8-10-22(11-9-21)27(24,25)15-18-6-4-3-5-7-18/h3-7,16-17H,8-15H2,1-2H3/p+1/t16-,17-/m1/s1. The molecule has 1 aromatic carbocycles. The molecule has 7 nitrogen and oxygen atoms in total. The van der Waals surface area contributed by atoms with Crippen LogP contribution in [0.15, 0.2) is 30.3 Å². The van der Waals surface area contributed by atoms with Gasteiger partial charge in [0.25, 0.3) is 5.91 Å². The fraction of sp³-hybridized carbons (Fsp3) is 0.632. The molecule has 0 aromatic heterocycles. The Morgan fingerprint density at radius 1 is 1.07 bits per heavy atom. The number of sulfonamides is 1. The van der Waals surface area contributed by atoms with Crippen molar-refractivity contribution in [2.45, 2.75) is 31.8 Å². The van der Waals surface area contributed by atoms with Crippen molar-refractivity contribution in [3.63, 3.8) is 0 Å². The molecule has 3 rings (SSSR count). The second-order valence-electron chi connectivity index (χ2n) is 7.61. The van der Waals surface area contributed by atoms with Crippen molar-refractivity contribution in [1.29, 1.82) is 0 Å². The minimum Gasteiger partial charge on any atom is -0.364 e. The summed E-state index contributed by atoms with van der Waals surface area (Å²) in [5.74, 6) is 0.113. The number of morpholine rings is 1. The summed E-state index contributed by atoms with van der Waals surface area (Å²) in [5.41, 5.74) is 0.787. The lowest BCUT2D eigenvalue weighted by Crippen LogP contribution is -3.16. The fourth-order valence-electron chi connectivity index (χ4n) is 3.95. The van der Waals surface area contributed by atoms with E-state index in [0.29, 0.717) is 32.7 Å². The van der Waals surface area contributed by atoms with Crippen molar-refractivity contribution in [2.24, 2.45) is 0 Å². The Morgan fingerprint density at radius 2 is 1.67 bits per heavy atom. The van der Waals surface area contributed by atoms with Crippen LogP contribution in [0.25, 0.3) is 0 Å². The first kappa shape index (κ1) is 20.3. The van der Waals surface area contributed by atoms with Crippen LogP contribution in [0.1, 0.15) is 19.4 Å². The summed E-state index contributed by atoms with van der Waals surface area (Å²) in [6.45, 7) is 7.85. The average molecular weight is 397 g/mol. The molecule has 1 aromatic rings. The van der Waals surface area contributed by atoms with Gasteiger partial charge in [-0.2, -0.15) is 4.31 Å². The molecule has 0 aliphatic carbocycles. The molecule has 2 fully saturated rings. The maximum Gasteiger partial charge on any atom is 0.277 e. The number of rotatable bonds is 5. The number of nitrogens with zero attached hydrogens (tertiary/aromatic N) is 2. The lowest BCUT2D eigenvalue weighted by molar-refractivity contribution is -0.907. The highest BCUT2D eigenvalue weighted by Gasteiger charge is 2.32. The Bertz CT molecular complexity index is 723. The number of nitrogens with one attached hydrogen (secondary N) is 1. The Kier molecular flexibility index (Phi) is 6.52. The number of hydrogen-bond donors (Lipinski definition) is 1. The number of piperazine rings is 1. The van der Waals surface area contributed by atoms with E-state index >= 15 is 0 Å². The highest BCUT2D eigenvalue weighted by atomic mass is 32.2. The van der Waals surface area contributed by atoms with Crippen LogP contribution in [0, 0.1) is 0 Å². The molecule has 2 aliphatic heterocycles. The molecule has 2 heterocycles. The second-order valence-corrected chi connectivity index (χ2v) is 9.58. The quantitative estimate of drug-likeness (QED) is 0.718. The van der Waals surface area contributed by atoms with Crippen molar-refractivity contribution < 1.29 is 22.8 Å². The SMILES string of the molecule is C[C@@H]1C[NH+](CC(=O)N2CCN(S(=O)(=O)Cc3ccccc3)CC2)C[C@@H](C)O1. The number of hydrogen-bond acceptors (Lipinski definition) is 4. The van der Waals surface area contributed by atoms with Crippen LogP contribution in [-0.2, 0) is 25.3 Å². The van der Waals surface area contributed by atoms with Gasteiger partial charge in [0.15, 0.2) is 6.54 Å². The van der Waals surface area contributed by atoms with Crippen LogP contribution in [0.5, 0.6) is 0 Å². The number of carbonyl (C=O) groups is 1. The molecule has 1 N–H and O–H groups in total. The first-order chi connectivity index (χ1) is 12.8. The second kappa shape index (κ2) is 8.68. The molecule has 0 unspecified atom stereocenters. The first-order valence-electron chi connectivity index (χ1n) is 9.62. The maximum atomic E-state index is 12.6. The Balaban J connectivity index is 1.50. The summed E-state index contributed by atoms with van der Waals surface area (Å²) in [4.78, 5) is 15.7. The zero-order valence-electron chi connectivity index (χ0n) is 16.1. The van der Waals surface area contributed by atoms with E-state index in [0.717, 1.165) is 18.7 Å². The van der Waals surface area contributed by atoms with Crippen LogP contribution in [0.3, 0.4) is 0 Å². The topological polar surface area (TPSA) is 71.4 Å². The van der Waals surface area contributed by atoms with Crippen molar-refractivity contribution in [3.05, 3.63) is 35.9 Å².